The average molecular weight is 268 g/mol. The molecule has 0 saturated carbocycles. The van der Waals surface area contributed by atoms with Crippen molar-refractivity contribution < 1.29 is 14.3 Å². The fourth-order valence-electron chi connectivity index (χ4n) is 3.28. The molecule has 0 aromatic heterocycles. The highest BCUT2D eigenvalue weighted by Gasteiger charge is 2.49. The molecule has 2 heterocycles. The van der Waals surface area contributed by atoms with E-state index in [1.807, 2.05) is 37.5 Å². The average Bonchev–Trinajstić information content (AvgIpc) is 2.76. The second-order valence-corrected chi connectivity index (χ2v) is 6.63. The van der Waals surface area contributed by atoms with Crippen molar-refractivity contribution in [3.05, 3.63) is 0 Å². The van der Waals surface area contributed by atoms with Crippen LogP contribution in [0.2, 0.25) is 0 Å². The molecule has 2 fully saturated rings. The zero-order valence-corrected chi connectivity index (χ0v) is 12.5. The summed E-state index contributed by atoms with van der Waals surface area (Å²) < 4.78 is 5.46. The summed E-state index contributed by atoms with van der Waals surface area (Å²) >= 11 is 0. The monoisotopic (exact) mass is 268 g/mol. The van der Waals surface area contributed by atoms with E-state index < -0.39 is 5.60 Å². The lowest BCUT2D eigenvalue weighted by molar-refractivity contribution is -0.130. The quantitative estimate of drug-likeness (QED) is 0.674. The Morgan fingerprint density at radius 2 is 1.84 bits per heavy atom. The van der Waals surface area contributed by atoms with Gasteiger partial charge in [0.15, 0.2) is 0 Å². The first-order valence-corrected chi connectivity index (χ1v) is 6.97. The van der Waals surface area contributed by atoms with Crippen LogP contribution in [-0.2, 0) is 9.53 Å². The van der Waals surface area contributed by atoms with Gasteiger partial charge in [-0.3, -0.25) is 4.79 Å². The normalized spacial score (nSPS) is 30.5. The van der Waals surface area contributed by atoms with Crippen molar-refractivity contribution >= 4 is 12.0 Å². The maximum atomic E-state index is 12.2. The second kappa shape index (κ2) is 4.69. The van der Waals surface area contributed by atoms with E-state index in [-0.39, 0.29) is 24.1 Å². The van der Waals surface area contributed by atoms with Crippen molar-refractivity contribution in [3.63, 3.8) is 0 Å². The van der Waals surface area contributed by atoms with Crippen LogP contribution < -0.4 is 0 Å². The van der Waals surface area contributed by atoms with E-state index in [0.29, 0.717) is 5.92 Å². The molecule has 0 radical (unpaired) electrons. The molecule has 2 aliphatic rings. The number of carbonyl (C=O) groups is 2. The van der Waals surface area contributed by atoms with Gasteiger partial charge in [0.2, 0.25) is 5.91 Å². The Bertz CT molecular complexity index is 389. The minimum atomic E-state index is -0.475. The van der Waals surface area contributed by atoms with E-state index >= 15 is 0 Å². The summed E-state index contributed by atoms with van der Waals surface area (Å²) in [6.07, 6.45) is 0.704. The molecule has 0 spiro atoms. The summed E-state index contributed by atoms with van der Waals surface area (Å²) in [7, 11) is 0. The van der Waals surface area contributed by atoms with Crippen LogP contribution in [-0.4, -0.2) is 52.6 Å². The third-order valence-corrected chi connectivity index (χ3v) is 4.03. The van der Waals surface area contributed by atoms with Gasteiger partial charge in [-0.2, -0.15) is 0 Å². The van der Waals surface area contributed by atoms with Gasteiger partial charge < -0.3 is 14.5 Å². The molecule has 19 heavy (non-hydrogen) atoms. The maximum absolute atomic E-state index is 12.2. The predicted octanol–water partition coefficient (Wildman–Crippen LogP) is 1.86. The van der Waals surface area contributed by atoms with Gasteiger partial charge in [0.25, 0.3) is 0 Å². The molecular formula is C14H24N2O3. The van der Waals surface area contributed by atoms with Gasteiger partial charge >= 0.3 is 6.09 Å². The molecule has 108 valence electrons. The second-order valence-electron chi connectivity index (χ2n) is 6.63. The van der Waals surface area contributed by atoms with Gasteiger partial charge in [-0.25, -0.2) is 4.79 Å². The molecule has 2 saturated heterocycles. The molecule has 2 aliphatic heterocycles. The maximum Gasteiger partial charge on any atom is 0.410 e. The molecule has 0 aromatic carbocycles. The van der Waals surface area contributed by atoms with Crippen LogP contribution in [0, 0.1) is 5.92 Å². The Kier molecular flexibility index (Phi) is 3.49. The van der Waals surface area contributed by atoms with E-state index in [9.17, 15) is 9.59 Å². The van der Waals surface area contributed by atoms with Gasteiger partial charge in [0, 0.05) is 32.0 Å². The van der Waals surface area contributed by atoms with Crippen molar-refractivity contribution in [1.29, 1.82) is 0 Å². The lowest BCUT2D eigenvalue weighted by Crippen LogP contribution is -2.47. The smallest absolute Gasteiger partial charge is 0.410 e. The molecule has 0 bridgehead atoms. The topological polar surface area (TPSA) is 49.9 Å². The summed E-state index contributed by atoms with van der Waals surface area (Å²) in [5, 5.41) is 0. The van der Waals surface area contributed by atoms with Crippen LogP contribution in [0.5, 0.6) is 0 Å². The van der Waals surface area contributed by atoms with Crippen molar-refractivity contribution in [2.75, 3.05) is 13.1 Å². The Labute approximate surface area is 114 Å². The van der Waals surface area contributed by atoms with Crippen molar-refractivity contribution in [3.8, 4) is 0 Å². The molecule has 2 amide bonds. The largest absolute Gasteiger partial charge is 0.444 e. The SMILES string of the molecule is CC(=O)N1CC2CCN(C(=O)OC(C)(C)C)C2C1C. The molecule has 0 aromatic rings. The van der Waals surface area contributed by atoms with Gasteiger partial charge in [-0.15, -0.1) is 0 Å². The molecule has 5 nitrogen and oxygen atoms in total. The number of likely N-dealkylation sites (tertiary alicyclic amines) is 2. The first kappa shape index (κ1) is 14.2. The zero-order valence-electron chi connectivity index (χ0n) is 12.5. The Balaban J connectivity index is 2.09. The highest BCUT2D eigenvalue weighted by Crippen LogP contribution is 2.36. The lowest BCUT2D eigenvalue weighted by atomic mass is 10.0. The molecule has 0 N–H and O–H groups in total. The highest BCUT2D eigenvalue weighted by molar-refractivity contribution is 5.75. The van der Waals surface area contributed by atoms with Gasteiger partial charge in [-0.05, 0) is 34.1 Å². The number of ether oxygens (including phenoxy) is 1. The summed E-state index contributed by atoms with van der Waals surface area (Å²) in [5.74, 6) is 0.484. The standard InChI is InChI=1S/C14H24N2O3/c1-9-12-11(8-16(9)10(2)17)6-7-15(12)13(18)19-14(3,4)5/h9,11-12H,6-8H2,1-5H3. The van der Waals surface area contributed by atoms with Crippen molar-refractivity contribution in [2.24, 2.45) is 5.92 Å². The van der Waals surface area contributed by atoms with Crippen LogP contribution in [0.25, 0.3) is 0 Å². The minimum absolute atomic E-state index is 0.0810. The van der Waals surface area contributed by atoms with Crippen LogP contribution >= 0.6 is 0 Å². The predicted molar refractivity (Wildman–Crippen MR) is 71.7 cm³/mol. The highest BCUT2D eigenvalue weighted by atomic mass is 16.6. The Morgan fingerprint density at radius 1 is 1.21 bits per heavy atom. The number of hydrogen-bond acceptors (Lipinski definition) is 3. The number of amides is 2. The number of hydrogen-bond donors (Lipinski definition) is 0. The fourth-order valence-corrected chi connectivity index (χ4v) is 3.28. The van der Waals surface area contributed by atoms with E-state index in [4.69, 9.17) is 4.74 Å². The third kappa shape index (κ3) is 2.69. The minimum Gasteiger partial charge on any atom is -0.444 e. The number of fused-ring (bicyclic) bond motifs is 1. The first-order chi connectivity index (χ1) is 8.70. The van der Waals surface area contributed by atoms with Gasteiger partial charge in [0.1, 0.15) is 5.60 Å². The lowest BCUT2D eigenvalue weighted by Gasteiger charge is -2.32. The van der Waals surface area contributed by atoms with Crippen LogP contribution in [0.4, 0.5) is 4.79 Å². The number of carbonyl (C=O) groups excluding carboxylic acids is 2. The molecule has 2 rings (SSSR count). The molecule has 3 atom stereocenters. The third-order valence-electron chi connectivity index (χ3n) is 4.03. The van der Waals surface area contributed by atoms with E-state index in [0.717, 1.165) is 19.5 Å². The zero-order chi connectivity index (χ0) is 14.4. The van der Waals surface area contributed by atoms with Gasteiger partial charge in [0.05, 0.1) is 6.04 Å². The van der Waals surface area contributed by atoms with E-state index in [1.165, 1.54) is 0 Å². The van der Waals surface area contributed by atoms with Crippen LogP contribution in [0.3, 0.4) is 0 Å². The Morgan fingerprint density at radius 3 is 2.37 bits per heavy atom. The summed E-state index contributed by atoms with van der Waals surface area (Å²) in [6, 6.07) is 0.191. The first-order valence-electron chi connectivity index (χ1n) is 6.97. The van der Waals surface area contributed by atoms with Gasteiger partial charge in [-0.1, -0.05) is 0 Å². The summed E-state index contributed by atoms with van der Waals surface area (Å²) in [4.78, 5) is 27.5. The van der Waals surface area contributed by atoms with Crippen LogP contribution in [0.15, 0.2) is 0 Å². The van der Waals surface area contributed by atoms with E-state index in [2.05, 4.69) is 0 Å². The fraction of sp³-hybridized carbons (Fsp3) is 0.857. The van der Waals surface area contributed by atoms with Crippen LogP contribution in [0.1, 0.15) is 41.0 Å². The van der Waals surface area contributed by atoms with Crippen molar-refractivity contribution in [2.45, 2.75) is 58.7 Å². The van der Waals surface area contributed by atoms with Crippen molar-refractivity contribution in [1.82, 2.24) is 9.80 Å². The molecular weight excluding hydrogens is 244 g/mol. The molecule has 3 unspecified atom stereocenters. The number of nitrogens with zero attached hydrogens (tertiary/aromatic N) is 2. The van der Waals surface area contributed by atoms with E-state index in [1.54, 1.807) is 6.92 Å². The summed E-state index contributed by atoms with van der Waals surface area (Å²) in [6.45, 7) is 10.7. The molecule has 0 aliphatic carbocycles. The number of rotatable bonds is 0. The molecule has 5 heteroatoms. The summed E-state index contributed by atoms with van der Waals surface area (Å²) in [5.41, 5.74) is -0.475. The Hall–Kier alpha value is -1.26.